The van der Waals surface area contributed by atoms with Gasteiger partial charge in [0.05, 0.1) is 6.04 Å². The zero-order chi connectivity index (χ0) is 12.7. The Morgan fingerprint density at radius 1 is 1.47 bits per heavy atom. The number of hydrogen-bond donors (Lipinski definition) is 2. The van der Waals surface area contributed by atoms with Gasteiger partial charge in [0.15, 0.2) is 0 Å². The Balaban J connectivity index is 2.29. The van der Waals surface area contributed by atoms with Crippen molar-refractivity contribution in [1.82, 2.24) is 10.2 Å². The summed E-state index contributed by atoms with van der Waals surface area (Å²) in [6, 6.07) is -0.180. The van der Waals surface area contributed by atoms with Gasteiger partial charge in [0.2, 0.25) is 5.91 Å². The van der Waals surface area contributed by atoms with E-state index in [1.807, 2.05) is 0 Å². The molecular formula is C13H27N3O. The largest absolute Gasteiger partial charge is 0.368 e. The monoisotopic (exact) mass is 241 g/mol. The molecule has 0 aliphatic carbocycles. The molecule has 1 rings (SSSR count). The van der Waals surface area contributed by atoms with E-state index < -0.39 is 0 Å². The Morgan fingerprint density at radius 2 is 2.24 bits per heavy atom. The number of primary amides is 1. The number of carbonyl (C=O) groups excluding carboxylic acids is 1. The lowest BCUT2D eigenvalue weighted by molar-refractivity contribution is -0.120. The summed E-state index contributed by atoms with van der Waals surface area (Å²) in [5, 5.41) is 2.98. The zero-order valence-electron chi connectivity index (χ0n) is 11.2. The molecule has 2 unspecified atom stereocenters. The van der Waals surface area contributed by atoms with Gasteiger partial charge < -0.3 is 16.0 Å². The van der Waals surface area contributed by atoms with Crippen molar-refractivity contribution in [2.75, 3.05) is 26.7 Å². The van der Waals surface area contributed by atoms with Crippen LogP contribution < -0.4 is 11.1 Å². The Labute approximate surface area is 105 Å². The van der Waals surface area contributed by atoms with E-state index >= 15 is 0 Å². The molecule has 0 radical (unpaired) electrons. The van der Waals surface area contributed by atoms with Crippen LogP contribution in [0, 0.1) is 5.92 Å². The van der Waals surface area contributed by atoms with Crippen LogP contribution in [0.5, 0.6) is 0 Å². The Kier molecular flexibility index (Phi) is 6.52. The van der Waals surface area contributed by atoms with Gasteiger partial charge in [-0.05, 0) is 51.7 Å². The third-order valence-electron chi connectivity index (χ3n) is 3.94. The summed E-state index contributed by atoms with van der Waals surface area (Å²) < 4.78 is 0. The first-order valence-electron chi connectivity index (χ1n) is 6.86. The number of likely N-dealkylation sites (N-methyl/N-ethyl adjacent to an activating group) is 1. The van der Waals surface area contributed by atoms with E-state index in [0.717, 1.165) is 18.9 Å². The fourth-order valence-corrected chi connectivity index (χ4v) is 2.60. The molecule has 1 heterocycles. The molecule has 0 bridgehead atoms. The molecule has 2 atom stereocenters. The summed E-state index contributed by atoms with van der Waals surface area (Å²) in [6.07, 6.45) is 6.08. The van der Waals surface area contributed by atoms with Gasteiger partial charge in [-0.3, -0.25) is 4.79 Å². The first-order chi connectivity index (χ1) is 8.17. The van der Waals surface area contributed by atoms with Gasteiger partial charge >= 0.3 is 0 Å². The molecule has 1 amide bonds. The predicted molar refractivity (Wildman–Crippen MR) is 70.7 cm³/mol. The van der Waals surface area contributed by atoms with Crippen LogP contribution in [0.15, 0.2) is 0 Å². The molecule has 0 aromatic heterocycles. The molecule has 100 valence electrons. The summed E-state index contributed by atoms with van der Waals surface area (Å²) in [5.41, 5.74) is 5.32. The Hall–Kier alpha value is -0.610. The van der Waals surface area contributed by atoms with Crippen molar-refractivity contribution < 1.29 is 4.79 Å². The fourth-order valence-electron chi connectivity index (χ4n) is 2.60. The Morgan fingerprint density at radius 3 is 2.82 bits per heavy atom. The van der Waals surface area contributed by atoms with Gasteiger partial charge in [-0.1, -0.05) is 13.3 Å². The molecular weight excluding hydrogens is 214 g/mol. The highest BCUT2D eigenvalue weighted by Crippen LogP contribution is 2.20. The predicted octanol–water partition coefficient (Wildman–Crippen LogP) is 0.962. The second-order valence-corrected chi connectivity index (χ2v) is 5.08. The Bertz CT molecular complexity index is 233. The molecule has 17 heavy (non-hydrogen) atoms. The van der Waals surface area contributed by atoms with Crippen LogP contribution in [0.2, 0.25) is 0 Å². The van der Waals surface area contributed by atoms with E-state index in [9.17, 15) is 4.79 Å². The lowest BCUT2D eigenvalue weighted by Gasteiger charge is -2.22. The standard InChI is InChI=1S/C13H27N3O/c1-3-11-5-4-8-16(9-6-11)10-7-12(15-2)13(14)17/h11-12,15H,3-10H2,1-2H3,(H2,14,17). The number of hydrogen-bond acceptors (Lipinski definition) is 3. The molecule has 4 heteroatoms. The van der Waals surface area contributed by atoms with Crippen LogP contribution in [0.3, 0.4) is 0 Å². The average molecular weight is 241 g/mol. The number of nitrogens with two attached hydrogens (primary N) is 1. The summed E-state index contributed by atoms with van der Waals surface area (Å²) in [5.74, 6) is 0.657. The van der Waals surface area contributed by atoms with Gasteiger partial charge in [-0.15, -0.1) is 0 Å². The van der Waals surface area contributed by atoms with Crippen molar-refractivity contribution in [3.63, 3.8) is 0 Å². The molecule has 4 nitrogen and oxygen atoms in total. The summed E-state index contributed by atoms with van der Waals surface area (Å²) in [6.45, 7) is 5.61. The molecule has 1 aliphatic heterocycles. The van der Waals surface area contributed by atoms with Crippen molar-refractivity contribution in [2.24, 2.45) is 11.7 Å². The van der Waals surface area contributed by atoms with Crippen LogP contribution in [0.1, 0.15) is 39.0 Å². The van der Waals surface area contributed by atoms with Gasteiger partial charge in [0, 0.05) is 6.54 Å². The topological polar surface area (TPSA) is 58.4 Å². The minimum atomic E-state index is -0.242. The fraction of sp³-hybridized carbons (Fsp3) is 0.923. The highest BCUT2D eigenvalue weighted by molar-refractivity contribution is 5.79. The van der Waals surface area contributed by atoms with E-state index in [1.54, 1.807) is 7.05 Å². The first kappa shape index (κ1) is 14.5. The summed E-state index contributed by atoms with van der Waals surface area (Å²) in [7, 11) is 1.80. The van der Waals surface area contributed by atoms with Gasteiger partial charge in [0.25, 0.3) is 0 Å². The van der Waals surface area contributed by atoms with Crippen molar-refractivity contribution >= 4 is 5.91 Å². The van der Waals surface area contributed by atoms with Gasteiger partial charge in [-0.25, -0.2) is 0 Å². The second-order valence-electron chi connectivity index (χ2n) is 5.08. The van der Waals surface area contributed by atoms with Crippen LogP contribution in [0.25, 0.3) is 0 Å². The number of likely N-dealkylation sites (tertiary alicyclic amines) is 1. The first-order valence-corrected chi connectivity index (χ1v) is 6.86. The van der Waals surface area contributed by atoms with Crippen molar-refractivity contribution in [3.8, 4) is 0 Å². The summed E-state index contributed by atoms with van der Waals surface area (Å²) in [4.78, 5) is 13.6. The third kappa shape index (κ3) is 5.04. The average Bonchev–Trinajstić information content (AvgIpc) is 2.54. The van der Waals surface area contributed by atoms with Crippen LogP contribution in [0.4, 0.5) is 0 Å². The minimum Gasteiger partial charge on any atom is -0.368 e. The van der Waals surface area contributed by atoms with E-state index in [0.29, 0.717) is 0 Å². The zero-order valence-corrected chi connectivity index (χ0v) is 11.2. The normalized spacial score (nSPS) is 24.2. The quantitative estimate of drug-likeness (QED) is 0.728. The van der Waals surface area contributed by atoms with Crippen LogP contribution in [-0.4, -0.2) is 43.5 Å². The highest BCUT2D eigenvalue weighted by atomic mass is 16.1. The number of carbonyl (C=O) groups is 1. The van der Waals surface area contributed by atoms with E-state index in [4.69, 9.17) is 5.73 Å². The third-order valence-corrected chi connectivity index (χ3v) is 3.94. The SMILES string of the molecule is CCC1CCCN(CCC(NC)C(N)=O)CC1. The summed E-state index contributed by atoms with van der Waals surface area (Å²) >= 11 is 0. The molecule has 1 saturated heterocycles. The molecule has 0 spiro atoms. The van der Waals surface area contributed by atoms with Crippen LogP contribution >= 0.6 is 0 Å². The number of amides is 1. The highest BCUT2D eigenvalue weighted by Gasteiger charge is 2.18. The molecule has 0 aromatic carbocycles. The smallest absolute Gasteiger partial charge is 0.234 e. The lowest BCUT2D eigenvalue weighted by atomic mass is 9.98. The maximum atomic E-state index is 11.1. The molecule has 1 aliphatic rings. The molecule has 0 aromatic rings. The van der Waals surface area contributed by atoms with Crippen molar-refractivity contribution in [1.29, 1.82) is 0 Å². The van der Waals surface area contributed by atoms with Crippen molar-refractivity contribution in [2.45, 2.75) is 45.1 Å². The molecule has 3 N–H and O–H groups in total. The maximum Gasteiger partial charge on any atom is 0.234 e. The maximum absolute atomic E-state index is 11.1. The van der Waals surface area contributed by atoms with Crippen molar-refractivity contribution in [3.05, 3.63) is 0 Å². The van der Waals surface area contributed by atoms with Gasteiger partial charge in [-0.2, -0.15) is 0 Å². The van der Waals surface area contributed by atoms with Gasteiger partial charge in [0.1, 0.15) is 0 Å². The molecule has 0 saturated carbocycles. The molecule has 1 fully saturated rings. The number of nitrogens with zero attached hydrogens (tertiary/aromatic N) is 1. The van der Waals surface area contributed by atoms with E-state index in [-0.39, 0.29) is 11.9 Å². The number of rotatable bonds is 6. The van der Waals surface area contributed by atoms with Crippen LogP contribution in [-0.2, 0) is 4.79 Å². The number of nitrogens with one attached hydrogen (secondary N) is 1. The minimum absolute atomic E-state index is 0.180. The van der Waals surface area contributed by atoms with E-state index in [1.165, 1.54) is 38.8 Å². The lowest BCUT2D eigenvalue weighted by Crippen LogP contribution is -2.42. The second kappa shape index (κ2) is 7.67. The van der Waals surface area contributed by atoms with E-state index in [2.05, 4.69) is 17.1 Å².